The lowest BCUT2D eigenvalue weighted by Crippen LogP contribution is -2.22. The molecule has 28 heavy (non-hydrogen) atoms. The Morgan fingerprint density at radius 2 is 1.86 bits per heavy atom. The molecule has 4 aromatic rings. The second-order valence-corrected chi connectivity index (χ2v) is 7.07. The van der Waals surface area contributed by atoms with Crippen LogP contribution in [-0.4, -0.2) is 18.0 Å². The minimum atomic E-state index is -0.162. The molecule has 0 bridgehead atoms. The maximum Gasteiger partial charge on any atom is 0.263 e. The van der Waals surface area contributed by atoms with Gasteiger partial charge in [-0.15, -0.1) is 11.3 Å². The van der Waals surface area contributed by atoms with E-state index in [1.807, 2.05) is 66.7 Å². The largest absolute Gasteiger partial charge is 0.497 e. The van der Waals surface area contributed by atoms with E-state index in [2.05, 4.69) is 10.3 Å². The van der Waals surface area contributed by atoms with E-state index in [1.54, 1.807) is 13.4 Å². The van der Waals surface area contributed by atoms with Crippen molar-refractivity contribution < 1.29 is 13.9 Å². The van der Waals surface area contributed by atoms with Gasteiger partial charge in [0.15, 0.2) is 10.8 Å². The first-order valence-corrected chi connectivity index (χ1v) is 9.57. The van der Waals surface area contributed by atoms with E-state index >= 15 is 0 Å². The number of amides is 1. The molecular weight excluding hydrogens is 372 g/mol. The first kappa shape index (κ1) is 18.0. The summed E-state index contributed by atoms with van der Waals surface area (Å²) in [6.07, 6.45) is 1.60. The van der Waals surface area contributed by atoms with Gasteiger partial charge in [0.2, 0.25) is 0 Å². The number of carbonyl (C=O) groups is 1. The van der Waals surface area contributed by atoms with E-state index in [-0.39, 0.29) is 5.91 Å². The fraction of sp³-hybridized carbons (Fsp3) is 0.0909. The summed E-state index contributed by atoms with van der Waals surface area (Å²) in [6, 6.07) is 20.9. The van der Waals surface area contributed by atoms with Crippen molar-refractivity contribution in [2.24, 2.45) is 0 Å². The minimum Gasteiger partial charge on any atom is -0.497 e. The molecule has 0 saturated carbocycles. The molecule has 0 fully saturated rings. The normalized spacial score (nSPS) is 10.6. The van der Waals surface area contributed by atoms with Crippen molar-refractivity contribution in [3.63, 3.8) is 0 Å². The fourth-order valence-electron chi connectivity index (χ4n) is 2.78. The average Bonchev–Trinajstić information content (AvgIpc) is 3.43. The van der Waals surface area contributed by atoms with Crippen LogP contribution in [0.4, 0.5) is 0 Å². The van der Waals surface area contributed by atoms with E-state index in [0.717, 1.165) is 16.9 Å². The summed E-state index contributed by atoms with van der Waals surface area (Å²) in [5.74, 6) is 1.27. The Morgan fingerprint density at radius 3 is 2.54 bits per heavy atom. The predicted octanol–water partition coefficient (Wildman–Crippen LogP) is 5.01. The molecule has 4 rings (SSSR count). The summed E-state index contributed by atoms with van der Waals surface area (Å²) in [5, 5.41) is 3.66. The Morgan fingerprint density at radius 1 is 1.07 bits per heavy atom. The van der Waals surface area contributed by atoms with Crippen LogP contribution in [0.5, 0.6) is 5.75 Å². The molecule has 0 aliphatic carbocycles. The molecule has 0 radical (unpaired) electrons. The van der Waals surface area contributed by atoms with Crippen molar-refractivity contribution in [2.45, 2.75) is 6.54 Å². The zero-order valence-electron chi connectivity index (χ0n) is 15.2. The van der Waals surface area contributed by atoms with Crippen LogP contribution >= 0.6 is 11.3 Å². The van der Waals surface area contributed by atoms with Gasteiger partial charge in [-0.05, 0) is 29.8 Å². The van der Waals surface area contributed by atoms with Gasteiger partial charge in [0.25, 0.3) is 5.91 Å². The summed E-state index contributed by atoms with van der Waals surface area (Å²) in [7, 11) is 1.63. The van der Waals surface area contributed by atoms with Gasteiger partial charge in [0, 0.05) is 12.1 Å². The van der Waals surface area contributed by atoms with E-state index in [9.17, 15) is 4.79 Å². The van der Waals surface area contributed by atoms with Gasteiger partial charge >= 0.3 is 0 Å². The molecular formula is C22H18N2O3S. The number of nitrogens with one attached hydrogen (secondary N) is 1. The number of hydrogen-bond acceptors (Lipinski definition) is 5. The number of aromatic nitrogens is 1. The van der Waals surface area contributed by atoms with Crippen LogP contribution in [-0.2, 0) is 6.54 Å². The van der Waals surface area contributed by atoms with Crippen LogP contribution in [0.3, 0.4) is 0 Å². The minimum absolute atomic E-state index is 0.162. The number of nitrogens with zero attached hydrogens (tertiary/aromatic N) is 1. The molecule has 1 N–H and O–H groups in total. The van der Waals surface area contributed by atoms with E-state index < -0.39 is 0 Å². The van der Waals surface area contributed by atoms with Crippen LogP contribution in [0.1, 0.15) is 15.2 Å². The van der Waals surface area contributed by atoms with Crippen molar-refractivity contribution in [3.05, 3.63) is 83.4 Å². The van der Waals surface area contributed by atoms with Gasteiger partial charge in [-0.1, -0.05) is 42.5 Å². The highest BCUT2D eigenvalue weighted by atomic mass is 32.1. The second-order valence-electron chi connectivity index (χ2n) is 6.07. The fourth-order valence-corrected chi connectivity index (χ4v) is 3.75. The van der Waals surface area contributed by atoms with Crippen LogP contribution in [0.25, 0.3) is 22.0 Å². The number of hydrogen-bond donors (Lipinski definition) is 1. The molecule has 0 spiro atoms. The Labute approximate surface area is 166 Å². The van der Waals surface area contributed by atoms with Gasteiger partial charge in [-0.2, -0.15) is 0 Å². The number of methoxy groups -OCH3 is 1. The highest BCUT2D eigenvalue weighted by Gasteiger charge is 2.21. The summed E-state index contributed by atoms with van der Waals surface area (Å²) >= 11 is 1.32. The van der Waals surface area contributed by atoms with Gasteiger partial charge in [-0.25, -0.2) is 4.98 Å². The number of benzene rings is 2. The van der Waals surface area contributed by atoms with Crippen molar-refractivity contribution in [2.75, 3.05) is 7.11 Å². The molecule has 6 heteroatoms. The molecule has 2 heterocycles. The van der Waals surface area contributed by atoms with Crippen LogP contribution in [0.15, 0.2) is 77.4 Å². The lowest BCUT2D eigenvalue weighted by Gasteiger charge is -2.06. The average molecular weight is 390 g/mol. The highest BCUT2D eigenvalue weighted by molar-refractivity contribution is 7.17. The summed E-state index contributed by atoms with van der Waals surface area (Å²) < 4.78 is 10.6. The number of carbonyl (C=O) groups excluding carboxylic acids is 1. The second kappa shape index (κ2) is 8.10. The summed E-state index contributed by atoms with van der Waals surface area (Å²) in [6.45, 7) is 0.422. The number of ether oxygens (including phenoxy) is 1. The van der Waals surface area contributed by atoms with E-state index in [4.69, 9.17) is 9.15 Å². The molecule has 0 aliphatic heterocycles. The van der Waals surface area contributed by atoms with Gasteiger partial charge in [0.1, 0.15) is 10.6 Å². The first-order chi connectivity index (χ1) is 13.7. The summed E-state index contributed by atoms with van der Waals surface area (Å²) in [4.78, 5) is 18.2. The Kier molecular flexibility index (Phi) is 5.21. The zero-order valence-corrected chi connectivity index (χ0v) is 16.0. The maximum atomic E-state index is 12.9. The lowest BCUT2D eigenvalue weighted by atomic mass is 10.1. The number of thiazole rings is 1. The number of rotatable bonds is 6. The lowest BCUT2D eigenvalue weighted by molar-refractivity contribution is 0.0955. The molecule has 2 aromatic heterocycles. The molecule has 5 nitrogen and oxygen atoms in total. The number of furan rings is 1. The Balaban J connectivity index is 1.60. The third kappa shape index (κ3) is 3.82. The maximum absolute atomic E-state index is 12.9. The first-order valence-electron chi connectivity index (χ1n) is 8.76. The third-order valence-corrected chi connectivity index (χ3v) is 5.29. The van der Waals surface area contributed by atoms with Gasteiger partial charge < -0.3 is 14.5 Å². The molecule has 1 amide bonds. The topological polar surface area (TPSA) is 64.4 Å². The zero-order chi connectivity index (χ0) is 19.3. The summed E-state index contributed by atoms with van der Waals surface area (Å²) in [5.41, 5.74) is 2.54. The standard InChI is InChI=1S/C22H18N2O3S/c1-26-17-11-9-15(10-12-17)14-23-21(25)20-19(16-6-3-2-4-7-16)24-22(28-20)18-8-5-13-27-18/h2-13H,14H2,1H3,(H,23,25). The van der Waals surface area contributed by atoms with Gasteiger partial charge in [-0.3, -0.25) is 4.79 Å². The highest BCUT2D eigenvalue weighted by Crippen LogP contribution is 2.34. The van der Waals surface area contributed by atoms with E-state index in [0.29, 0.717) is 27.9 Å². The van der Waals surface area contributed by atoms with E-state index in [1.165, 1.54) is 11.3 Å². The van der Waals surface area contributed by atoms with Crippen LogP contribution in [0.2, 0.25) is 0 Å². The smallest absolute Gasteiger partial charge is 0.263 e. The predicted molar refractivity (Wildman–Crippen MR) is 109 cm³/mol. The monoisotopic (exact) mass is 390 g/mol. The third-order valence-electron chi connectivity index (χ3n) is 4.22. The molecule has 140 valence electrons. The molecule has 0 aliphatic rings. The SMILES string of the molecule is COc1ccc(CNC(=O)c2sc(-c3ccco3)nc2-c2ccccc2)cc1. The van der Waals surface area contributed by atoms with Crippen LogP contribution < -0.4 is 10.1 Å². The van der Waals surface area contributed by atoms with Crippen molar-refractivity contribution in [1.29, 1.82) is 0 Å². The van der Waals surface area contributed by atoms with Gasteiger partial charge in [0.05, 0.1) is 19.1 Å². The molecule has 2 aromatic carbocycles. The molecule has 0 unspecified atom stereocenters. The quantitative estimate of drug-likeness (QED) is 0.503. The van der Waals surface area contributed by atoms with Crippen molar-refractivity contribution in [1.82, 2.24) is 10.3 Å². The van der Waals surface area contributed by atoms with Crippen molar-refractivity contribution in [3.8, 4) is 27.8 Å². The Bertz CT molecular complexity index is 1060. The molecule has 0 saturated heterocycles. The van der Waals surface area contributed by atoms with Crippen molar-refractivity contribution >= 4 is 17.2 Å². The van der Waals surface area contributed by atoms with Crippen LogP contribution in [0, 0.1) is 0 Å². The molecule has 0 atom stereocenters. The Hall–Kier alpha value is -3.38.